The summed E-state index contributed by atoms with van der Waals surface area (Å²) in [6.07, 6.45) is 0. The molecule has 1 heterocycles. The molecule has 1 aromatic carbocycles. The molecule has 0 saturated carbocycles. The Balaban J connectivity index is 2.40. The lowest BCUT2D eigenvalue weighted by Crippen LogP contribution is -2.42. The summed E-state index contributed by atoms with van der Waals surface area (Å²) in [4.78, 5) is 25.6. The van der Waals surface area contributed by atoms with Gasteiger partial charge in [0.2, 0.25) is 0 Å². The molecule has 2 amide bonds. The van der Waals surface area contributed by atoms with E-state index in [9.17, 15) is 9.59 Å². The number of nitrogens with zero attached hydrogens (tertiary/aromatic N) is 1. The first kappa shape index (κ1) is 13.2. The standard InChI is InChI=1S/C13H14BrNO3/c1-7(6-16)8(2)15-12(17)10-4-3-9(14)5-11(10)13(15)18/h3-5,7-8,16H,6H2,1-2H3. The first-order valence-corrected chi connectivity index (χ1v) is 6.55. The van der Waals surface area contributed by atoms with Gasteiger partial charge in [0, 0.05) is 17.1 Å². The lowest BCUT2D eigenvalue weighted by atomic mass is 10.0. The molecule has 0 radical (unpaired) electrons. The van der Waals surface area contributed by atoms with E-state index in [1.54, 1.807) is 25.1 Å². The fourth-order valence-corrected chi connectivity index (χ4v) is 2.37. The molecule has 4 nitrogen and oxygen atoms in total. The van der Waals surface area contributed by atoms with Crippen molar-refractivity contribution in [2.45, 2.75) is 19.9 Å². The highest BCUT2D eigenvalue weighted by atomic mass is 79.9. The van der Waals surface area contributed by atoms with Gasteiger partial charge in [-0.05, 0) is 31.0 Å². The van der Waals surface area contributed by atoms with Crippen LogP contribution in [-0.4, -0.2) is 34.5 Å². The summed E-state index contributed by atoms with van der Waals surface area (Å²) >= 11 is 3.29. The highest BCUT2D eigenvalue weighted by Gasteiger charge is 2.39. The highest BCUT2D eigenvalue weighted by molar-refractivity contribution is 9.10. The fourth-order valence-electron chi connectivity index (χ4n) is 2.01. The van der Waals surface area contributed by atoms with Crippen molar-refractivity contribution in [2.24, 2.45) is 5.92 Å². The van der Waals surface area contributed by atoms with Gasteiger partial charge in [0.25, 0.3) is 11.8 Å². The van der Waals surface area contributed by atoms with Crippen molar-refractivity contribution in [3.63, 3.8) is 0 Å². The van der Waals surface area contributed by atoms with Crippen LogP contribution < -0.4 is 0 Å². The van der Waals surface area contributed by atoms with Crippen LogP contribution in [0.25, 0.3) is 0 Å². The van der Waals surface area contributed by atoms with Crippen LogP contribution in [0.2, 0.25) is 0 Å². The number of aliphatic hydroxyl groups excluding tert-OH is 1. The minimum atomic E-state index is -0.318. The van der Waals surface area contributed by atoms with E-state index in [-0.39, 0.29) is 30.4 Å². The van der Waals surface area contributed by atoms with E-state index >= 15 is 0 Å². The maximum Gasteiger partial charge on any atom is 0.261 e. The second-order valence-electron chi connectivity index (χ2n) is 4.57. The van der Waals surface area contributed by atoms with Gasteiger partial charge in [-0.25, -0.2) is 0 Å². The second kappa shape index (κ2) is 4.82. The number of aliphatic hydroxyl groups is 1. The fraction of sp³-hybridized carbons (Fsp3) is 0.385. The Labute approximate surface area is 114 Å². The number of carbonyl (C=O) groups is 2. The molecule has 2 rings (SSSR count). The number of hydrogen-bond acceptors (Lipinski definition) is 3. The molecule has 96 valence electrons. The molecule has 1 aromatic rings. The molecule has 0 saturated heterocycles. The van der Waals surface area contributed by atoms with Crippen molar-refractivity contribution in [1.29, 1.82) is 0 Å². The lowest BCUT2D eigenvalue weighted by Gasteiger charge is -2.26. The molecule has 0 bridgehead atoms. The minimum Gasteiger partial charge on any atom is -0.396 e. The number of benzene rings is 1. The summed E-state index contributed by atoms with van der Waals surface area (Å²) in [5.74, 6) is -0.713. The maximum absolute atomic E-state index is 12.2. The van der Waals surface area contributed by atoms with Gasteiger partial charge < -0.3 is 5.11 Å². The monoisotopic (exact) mass is 311 g/mol. The number of rotatable bonds is 3. The van der Waals surface area contributed by atoms with Crippen LogP contribution in [-0.2, 0) is 0 Å². The smallest absolute Gasteiger partial charge is 0.261 e. The van der Waals surface area contributed by atoms with Gasteiger partial charge in [-0.15, -0.1) is 0 Å². The van der Waals surface area contributed by atoms with Crippen LogP contribution in [0.5, 0.6) is 0 Å². The van der Waals surface area contributed by atoms with E-state index in [0.29, 0.717) is 11.1 Å². The summed E-state index contributed by atoms with van der Waals surface area (Å²) in [6.45, 7) is 3.53. The average molecular weight is 312 g/mol. The zero-order valence-corrected chi connectivity index (χ0v) is 11.8. The molecule has 1 N–H and O–H groups in total. The Hall–Kier alpha value is -1.20. The van der Waals surface area contributed by atoms with Gasteiger partial charge in [0.05, 0.1) is 11.1 Å². The second-order valence-corrected chi connectivity index (χ2v) is 5.49. The first-order valence-electron chi connectivity index (χ1n) is 5.75. The summed E-state index contributed by atoms with van der Waals surface area (Å²) in [7, 11) is 0. The Bertz CT molecular complexity index is 515. The molecule has 2 unspecified atom stereocenters. The van der Waals surface area contributed by atoms with E-state index in [2.05, 4.69) is 15.9 Å². The van der Waals surface area contributed by atoms with Crippen molar-refractivity contribution in [2.75, 3.05) is 6.61 Å². The number of imide groups is 1. The number of halogens is 1. The molecular weight excluding hydrogens is 298 g/mol. The van der Waals surface area contributed by atoms with Crippen molar-refractivity contribution < 1.29 is 14.7 Å². The molecule has 2 atom stereocenters. The number of hydrogen-bond donors (Lipinski definition) is 1. The Kier molecular flexibility index (Phi) is 3.54. The maximum atomic E-state index is 12.2. The molecule has 0 aliphatic carbocycles. The Morgan fingerprint density at radius 2 is 1.83 bits per heavy atom. The van der Waals surface area contributed by atoms with Crippen LogP contribution in [0.1, 0.15) is 34.6 Å². The summed E-state index contributed by atoms with van der Waals surface area (Å²) < 4.78 is 0.770. The number of carbonyl (C=O) groups excluding carboxylic acids is 2. The topological polar surface area (TPSA) is 57.6 Å². The van der Waals surface area contributed by atoms with Crippen LogP contribution in [0, 0.1) is 5.92 Å². The summed E-state index contributed by atoms with van der Waals surface area (Å²) in [5, 5.41) is 9.14. The van der Waals surface area contributed by atoms with Gasteiger partial charge in [0.15, 0.2) is 0 Å². The molecule has 1 aliphatic rings. The number of amides is 2. The molecular formula is C13H14BrNO3. The van der Waals surface area contributed by atoms with Crippen molar-refractivity contribution in [3.05, 3.63) is 33.8 Å². The third-order valence-electron chi connectivity index (χ3n) is 3.40. The largest absolute Gasteiger partial charge is 0.396 e. The van der Waals surface area contributed by atoms with Crippen molar-refractivity contribution >= 4 is 27.7 Å². The Morgan fingerprint density at radius 3 is 2.44 bits per heavy atom. The van der Waals surface area contributed by atoms with Crippen LogP contribution in [0.4, 0.5) is 0 Å². The summed E-state index contributed by atoms with van der Waals surface area (Å²) in [6, 6.07) is 4.73. The highest BCUT2D eigenvalue weighted by Crippen LogP contribution is 2.29. The molecule has 0 spiro atoms. The molecule has 1 aliphatic heterocycles. The summed E-state index contributed by atoms with van der Waals surface area (Å²) in [5.41, 5.74) is 0.853. The van der Waals surface area contributed by atoms with Gasteiger partial charge in [0.1, 0.15) is 0 Å². The average Bonchev–Trinajstić information content (AvgIpc) is 2.60. The molecule has 0 aromatic heterocycles. The third kappa shape index (κ3) is 1.97. The third-order valence-corrected chi connectivity index (χ3v) is 3.89. The zero-order chi connectivity index (χ0) is 13.4. The van der Waals surface area contributed by atoms with Gasteiger partial charge in [-0.1, -0.05) is 22.9 Å². The van der Waals surface area contributed by atoms with Gasteiger partial charge >= 0.3 is 0 Å². The van der Waals surface area contributed by atoms with E-state index < -0.39 is 0 Å². The van der Waals surface area contributed by atoms with E-state index in [0.717, 1.165) is 4.47 Å². The Morgan fingerprint density at radius 1 is 1.22 bits per heavy atom. The van der Waals surface area contributed by atoms with Gasteiger partial charge in [-0.2, -0.15) is 0 Å². The van der Waals surface area contributed by atoms with Gasteiger partial charge in [-0.3, -0.25) is 14.5 Å². The minimum absolute atomic E-state index is 0.0573. The lowest BCUT2D eigenvalue weighted by molar-refractivity contribution is 0.0516. The van der Waals surface area contributed by atoms with E-state index in [1.807, 2.05) is 6.92 Å². The molecule has 18 heavy (non-hydrogen) atoms. The molecule has 5 heteroatoms. The van der Waals surface area contributed by atoms with Crippen LogP contribution >= 0.6 is 15.9 Å². The normalized spacial score (nSPS) is 17.9. The predicted molar refractivity (Wildman–Crippen MR) is 70.4 cm³/mol. The predicted octanol–water partition coefficient (Wildman–Crippen LogP) is 2.06. The van der Waals surface area contributed by atoms with Crippen molar-refractivity contribution in [3.8, 4) is 0 Å². The van der Waals surface area contributed by atoms with Crippen LogP contribution in [0.15, 0.2) is 22.7 Å². The van der Waals surface area contributed by atoms with E-state index in [1.165, 1.54) is 4.90 Å². The van der Waals surface area contributed by atoms with Crippen LogP contribution in [0.3, 0.4) is 0 Å². The molecule has 0 fully saturated rings. The SMILES string of the molecule is CC(CO)C(C)N1C(=O)c2ccc(Br)cc2C1=O. The van der Waals surface area contributed by atoms with Crippen molar-refractivity contribution in [1.82, 2.24) is 4.90 Å². The zero-order valence-electron chi connectivity index (χ0n) is 10.2. The van der Waals surface area contributed by atoms with E-state index in [4.69, 9.17) is 5.11 Å². The first-order chi connectivity index (χ1) is 8.47. The quantitative estimate of drug-likeness (QED) is 0.869. The number of fused-ring (bicyclic) bond motifs is 1.